The number of anilines is 2. The van der Waals surface area contributed by atoms with Crippen molar-refractivity contribution in [2.24, 2.45) is 0 Å². The summed E-state index contributed by atoms with van der Waals surface area (Å²) in [6, 6.07) is 8.18. The highest BCUT2D eigenvalue weighted by molar-refractivity contribution is 5.97. The fourth-order valence-corrected chi connectivity index (χ4v) is 4.69. The Hall–Kier alpha value is -5.77. The molecule has 1 aromatic carbocycles. The molecule has 0 aliphatic carbocycles. The van der Waals surface area contributed by atoms with E-state index in [4.69, 9.17) is 15.0 Å². The van der Waals surface area contributed by atoms with E-state index in [2.05, 4.69) is 36.9 Å². The Morgan fingerprint density at radius 2 is 2.07 bits per heavy atom. The minimum Gasteiger partial charge on any atom is -0.457 e. The van der Waals surface area contributed by atoms with Crippen molar-refractivity contribution in [2.75, 3.05) is 11.9 Å². The van der Waals surface area contributed by atoms with Gasteiger partial charge in [0.25, 0.3) is 5.91 Å². The molecule has 208 valence electrons. The number of carbonyl (C=O) groups excluding carboxylic acids is 1. The number of fused-ring (bicyclic) bond motifs is 2. The Morgan fingerprint density at radius 1 is 1.21 bits per heavy atom. The van der Waals surface area contributed by atoms with E-state index in [1.54, 1.807) is 53.0 Å². The summed E-state index contributed by atoms with van der Waals surface area (Å²) in [4.78, 5) is 35.9. The van der Waals surface area contributed by atoms with Crippen LogP contribution in [0.2, 0.25) is 0 Å². The number of carbonyl (C=O) groups is 1. The van der Waals surface area contributed by atoms with Crippen molar-refractivity contribution in [1.82, 2.24) is 39.4 Å². The van der Waals surface area contributed by atoms with Gasteiger partial charge in [0.15, 0.2) is 23.1 Å². The van der Waals surface area contributed by atoms with Crippen molar-refractivity contribution >= 4 is 39.7 Å². The lowest BCUT2D eigenvalue weighted by Crippen LogP contribution is -2.41. The van der Waals surface area contributed by atoms with E-state index in [0.717, 1.165) is 5.57 Å². The second-order valence-corrected chi connectivity index (χ2v) is 9.62. The summed E-state index contributed by atoms with van der Waals surface area (Å²) in [5.41, 5.74) is 2.70. The van der Waals surface area contributed by atoms with Crippen LogP contribution < -0.4 is 10.1 Å². The Morgan fingerprint density at radius 3 is 2.88 bits per heavy atom. The van der Waals surface area contributed by atoms with Crippen LogP contribution in [0.5, 0.6) is 11.5 Å². The van der Waals surface area contributed by atoms with Crippen molar-refractivity contribution in [2.45, 2.75) is 26.3 Å². The first-order valence-electron chi connectivity index (χ1n) is 12.9. The maximum absolute atomic E-state index is 15.5. The van der Waals surface area contributed by atoms with E-state index in [1.165, 1.54) is 12.7 Å². The second-order valence-electron chi connectivity index (χ2n) is 9.62. The fraction of sp³-hybridized carbons (Fsp3) is 0.172. The van der Waals surface area contributed by atoms with Crippen LogP contribution in [0.4, 0.5) is 15.9 Å². The lowest BCUT2D eigenvalue weighted by molar-refractivity contribution is -0.127. The van der Waals surface area contributed by atoms with Gasteiger partial charge in [0.2, 0.25) is 0 Å². The lowest BCUT2D eigenvalue weighted by Gasteiger charge is -2.31. The third-order valence-electron chi connectivity index (χ3n) is 6.94. The fourth-order valence-electron chi connectivity index (χ4n) is 4.69. The van der Waals surface area contributed by atoms with Gasteiger partial charge < -0.3 is 15.0 Å². The third kappa shape index (κ3) is 4.86. The molecule has 1 aliphatic heterocycles. The Balaban J connectivity index is 1.26. The van der Waals surface area contributed by atoms with Gasteiger partial charge in [-0.3, -0.25) is 4.79 Å². The number of hydrogen-bond acceptors (Lipinski definition) is 10. The van der Waals surface area contributed by atoms with E-state index < -0.39 is 11.7 Å². The number of ether oxygens (including phenoxy) is 1. The summed E-state index contributed by atoms with van der Waals surface area (Å²) in [6.45, 7) is 7.39. The quantitative estimate of drug-likeness (QED) is 0.231. The molecule has 0 radical (unpaired) electrons. The van der Waals surface area contributed by atoms with Gasteiger partial charge in [0, 0.05) is 30.4 Å². The van der Waals surface area contributed by atoms with Crippen molar-refractivity contribution < 1.29 is 13.9 Å². The van der Waals surface area contributed by atoms with E-state index in [9.17, 15) is 4.79 Å². The first-order chi connectivity index (χ1) is 20.3. The number of rotatable bonds is 6. The van der Waals surface area contributed by atoms with Crippen LogP contribution in [0.15, 0.2) is 67.5 Å². The highest BCUT2D eigenvalue weighted by Gasteiger charge is 2.26. The van der Waals surface area contributed by atoms with Crippen molar-refractivity contribution in [3.05, 3.63) is 84.7 Å². The van der Waals surface area contributed by atoms with Crippen LogP contribution in [-0.4, -0.2) is 57.9 Å². The Kier molecular flexibility index (Phi) is 6.71. The minimum atomic E-state index is -0.510. The highest BCUT2D eigenvalue weighted by atomic mass is 19.1. The molecule has 0 bridgehead atoms. The Labute approximate surface area is 238 Å². The molecule has 13 heteroatoms. The number of pyridine rings is 1. The molecule has 6 rings (SSSR count). The summed E-state index contributed by atoms with van der Waals surface area (Å²) in [6.07, 6.45) is 8.44. The van der Waals surface area contributed by atoms with E-state index >= 15 is 4.39 Å². The maximum Gasteiger partial charge on any atom is 0.264 e. The zero-order valence-electron chi connectivity index (χ0n) is 22.6. The van der Waals surface area contributed by atoms with Gasteiger partial charge in [-0.25, -0.2) is 33.8 Å². The van der Waals surface area contributed by atoms with Gasteiger partial charge in [-0.1, -0.05) is 12.7 Å². The van der Waals surface area contributed by atoms with Crippen LogP contribution in [0.1, 0.15) is 24.7 Å². The maximum atomic E-state index is 15.5. The smallest absolute Gasteiger partial charge is 0.264 e. The molecule has 1 atom stereocenters. The molecule has 0 fully saturated rings. The molecular weight excluding hydrogens is 539 g/mol. The average Bonchev–Trinajstić information content (AvgIpc) is 3.48. The largest absolute Gasteiger partial charge is 0.457 e. The summed E-state index contributed by atoms with van der Waals surface area (Å²) in [5, 5.41) is 16.1. The number of aromatic nitrogens is 7. The molecule has 0 saturated carbocycles. The van der Waals surface area contributed by atoms with E-state index in [1.807, 2.05) is 19.1 Å². The lowest BCUT2D eigenvalue weighted by atomic mass is 10.0. The molecule has 5 aromatic rings. The number of halogens is 1. The van der Waals surface area contributed by atoms with Gasteiger partial charge >= 0.3 is 0 Å². The Bertz CT molecular complexity index is 1960. The highest BCUT2D eigenvalue weighted by Crippen LogP contribution is 2.33. The molecule has 12 nitrogen and oxygen atoms in total. The van der Waals surface area contributed by atoms with Gasteiger partial charge in [-0.2, -0.15) is 10.4 Å². The van der Waals surface area contributed by atoms with Crippen LogP contribution in [0, 0.1) is 24.1 Å². The molecule has 5 heterocycles. The molecule has 42 heavy (non-hydrogen) atoms. The first kappa shape index (κ1) is 26.5. The normalized spacial score (nSPS) is 14.9. The zero-order chi connectivity index (χ0) is 29.4. The summed E-state index contributed by atoms with van der Waals surface area (Å²) in [5.74, 6) is 0.694. The second kappa shape index (κ2) is 10.7. The third-order valence-corrected chi connectivity index (χ3v) is 6.94. The van der Waals surface area contributed by atoms with Gasteiger partial charge in [0.05, 0.1) is 11.9 Å². The van der Waals surface area contributed by atoms with Crippen molar-refractivity contribution in [1.29, 1.82) is 5.26 Å². The van der Waals surface area contributed by atoms with E-state index in [-0.39, 0.29) is 17.3 Å². The first-order valence-corrected chi connectivity index (χ1v) is 12.9. The molecule has 0 spiro atoms. The number of nitrogens with one attached hydrogen (secondary N) is 1. The van der Waals surface area contributed by atoms with E-state index in [0.29, 0.717) is 58.4 Å². The number of hydrogen-bond donors (Lipinski definition) is 1. The SMILES string of the molecule is C=C(C#N)C(=O)N1CCC(c2ncc3ncnc(Nc4ccc(Oc5ccn6ncnc6c5)c(C)c4F)c3n2)=C[C@@H]1C. The molecule has 1 amide bonds. The molecular formula is C29H23FN10O2. The van der Waals surface area contributed by atoms with Crippen LogP contribution in [0.3, 0.4) is 0 Å². The topological polar surface area (TPSA) is 147 Å². The predicted molar refractivity (Wildman–Crippen MR) is 151 cm³/mol. The standard InChI is InChI=1S/C29H23FN10O2/c1-16(12-31)29(41)39-8-6-19(10-17(39)2)27-32-13-22-26(38-27)28(35-14-33-22)37-21-4-5-23(18(3)25(21)30)42-20-7-9-40-24(11-20)34-15-36-40/h4-5,7,9-11,13-15,17H,1,6,8H2,2-3H3,(H,33,35,37)/t17-/m0/s1. The average molecular weight is 563 g/mol. The van der Waals surface area contributed by atoms with Gasteiger partial charge in [-0.05, 0) is 44.0 Å². The van der Waals surface area contributed by atoms with Crippen LogP contribution in [0.25, 0.3) is 22.3 Å². The number of benzene rings is 1. The molecule has 1 N–H and O–H groups in total. The van der Waals surface area contributed by atoms with Gasteiger partial charge in [-0.15, -0.1) is 0 Å². The molecule has 1 aliphatic rings. The number of nitrogens with zero attached hydrogens (tertiary/aromatic N) is 9. The summed E-state index contributed by atoms with van der Waals surface area (Å²) < 4.78 is 23.1. The zero-order valence-corrected chi connectivity index (χ0v) is 22.6. The monoisotopic (exact) mass is 562 g/mol. The summed E-state index contributed by atoms with van der Waals surface area (Å²) in [7, 11) is 0. The molecule has 0 saturated heterocycles. The van der Waals surface area contributed by atoms with Gasteiger partial charge in [0.1, 0.15) is 46.8 Å². The molecule has 0 unspecified atom stereocenters. The molecule has 4 aromatic heterocycles. The minimum absolute atomic E-state index is 0.107. The van der Waals surface area contributed by atoms with Crippen molar-refractivity contribution in [3.8, 4) is 17.6 Å². The van der Waals surface area contributed by atoms with Crippen LogP contribution in [-0.2, 0) is 4.79 Å². The summed E-state index contributed by atoms with van der Waals surface area (Å²) >= 11 is 0. The van der Waals surface area contributed by atoms with Crippen molar-refractivity contribution in [3.63, 3.8) is 0 Å². The van der Waals surface area contributed by atoms with Crippen LogP contribution >= 0.6 is 0 Å². The number of amides is 1. The number of nitriles is 1. The predicted octanol–water partition coefficient (Wildman–Crippen LogP) is 4.53.